The van der Waals surface area contributed by atoms with E-state index in [4.69, 9.17) is 4.74 Å². The average molecular weight is 419 g/mol. The fraction of sp³-hybridized carbons (Fsp3) is 0.391. The summed E-state index contributed by atoms with van der Waals surface area (Å²) in [4.78, 5) is 25.9. The van der Waals surface area contributed by atoms with Crippen molar-refractivity contribution >= 4 is 11.6 Å². The standard InChI is InChI=1S/C23H26N6O2/c1-31-20-3-2-10-29(23(20)30)18-8-9-21(25-12-18)27-16-6-7-17(11-16)28-22-14-24-19(13-26-22)15-4-5-15/h2-3,8-10,12-17H,4-7,11H2,1H3,(H,25,27)(H,26,28)/t16-,17-/m0/s1. The summed E-state index contributed by atoms with van der Waals surface area (Å²) < 4.78 is 6.64. The first-order chi connectivity index (χ1) is 15.2. The van der Waals surface area contributed by atoms with Crippen molar-refractivity contribution in [1.82, 2.24) is 19.5 Å². The number of pyridine rings is 2. The summed E-state index contributed by atoms with van der Waals surface area (Å²) in [5, 5.41) is 7.01. The largest absolute Gasteiger partial charge is 0.491 e. The number of anilines is 2. The van der Waals surface area contributed by atoms with Gasteiger partial charge in [-0.25, -0.2) is 9.97 Å². The maximum absolute atomic E-state index is 12.4. The quantitative estimate of drug-likeness (QED) is 0.608. The highest BCUT2D eigenvalue weighted by atomic mass is 16.5. The van der Waals surface area contributed by atoms with Crippen LogP contribution in [0.5, 0.6) is 5.75 Å². The predicted octanol–water partition coefficient (Wildman–Crippen LogP) is 3.35. The average Bonchev–Trinajstić information content (AvgIpc) is 3.56. The topological polar surface area (TPSA) is 94.0 Å². The van der Waals surface area contributed by atoms with Gasteiger partial charge in [0.2, 0.25) is 0 Å². The van der Waals surface area contributed by atoms with E-state index >= 15 is 0 Å². The van der Waals surface area contributed by atoms with Gasteiger partial charge in [0.25, 0.3) is 5.56 Å². The second-order valence-corrected chi connectivity index (χ2v) is 8.25. The second kappa shape index (κ2) is 8.37. The van der Waals surface area contributed by atoms with E-state index in [1.54, 1.807) is 24.5 Å². The van der Waals surface area contributed by atoms with Crippen LogP contribution in [-0.4, -0.2) is 38.7 Å². The minimum Gasteiger partial charge on any atom is -0.491 e. The lowest BCUT2D eigenvalue weighted by atomic mass is 10.2. The Morgan fingerprint density at radius 2 is 1.71 bits per heavy atom. The van der Waals surface area contributed by atoms with E-state index in [2.05, 4.69) is 25.6 Å². The number of nitrogens with one attached hydrogen (secondary N) is 2. The predicted molar refractivity (Wildman–Crippen MR) is 119 cm³/mol. The molecule has 2 aliphatic carbocycles. The molecular weight excluding hydrogens is 392 g/mol. The summed E-state index contributed by atoms with van der Waals surface area (Å²) in [6, 6.07) is 7.94. The third kappa shape index (κ3) is 4.38. The Hall–Kier alpha value is -3.42. The number of rotatable bonds is 7. The molecule has 2 aliphatic rings. The molecule has 0 bridgehead atoms. The molecule has 0 aliphatic heterocycles. The van der Waals surface area contributed by atoms with E-state index in [0.29, 0.717) is 29.4 Å². The Labute approximate surface area is 180 Å². The molecule has 2 atom stereocenters. The van der Waals surface area contributed by atoms with Crippen molar-refractivity contribution in [3.8, 4) is 11.4 Å². The van der Waals surface area contributed by atoms with Gasteiger partial charge >= 0.3 is 0 Å². The van der Waals surface area contributed by atoms with Gasteiger partial charge in [-0.15, -0.1) is 0 Å². The van der Waals surface area contributed by atoms with Gasteiger partial charge < -0.3 is 15.4 Å². The summed E-state index contributed by atoms with van der Waals surface area (Å²) in [5.74, 6) is 2.59. The second-order valence-electron chi connectivity index (χ2n) is 8.25. The van der Waals surface area contributed by atoms with Crippen molar-refractivity contribution in [1.29, 1.82) is 0 Å². The first-order valence-corrected chi connectivity index (χ1v) is 10.8. The molecule has 3 aromatic rings. The minimum absolute atomic E-state index is 0.203. The molecule has 160 valence electrons. The van der Waals surface area contributed by atoms with E-state index in [1.165, 1.54) is 24.5 Å². The molecule has 2 saturated carbocycles. The number of methoxy groups -OCH3 is 1. The molecule has 0 amide bonds. The first-order valence-electron chi connectivity index (χ1n) is 10.8. The van der Waals surface area contributed by atoms with Gasteiger partial charge in [-0.05, 0) is 56.4 Å². The van der Waals surface area contributed by atoms with Crippen LogP contribution in [-0.2, 0) is 0 Å². The van der Waals surface area contributed by atoms with E-state index in [-0.39, 0.29) is 5.56 Å². The summed E-state index contributed by atoms with van der Waals surface area (Å²) >= 11 is 0. The number of hydrogen-bond donors (Lipinski definition) is 2. The Bertz CT molecular complexity index is 1090. The van der Waals surface area contributed by atoms with Crippen molar-refractivity contribution < 1.29 is 4.74 Å². The molecule has 0 spiro atoms. The lowest BCUT2D eigenvalue weighted by molar-refractivity contribution is 0.406. The van der Waals surface area contributed by atoms with Crippen molar-refractivity contribution in [2.75, 3.05) is 17.7 Å². The molecule has 8 nitrogen and oxygen atoms in total. The smallest absolute Gasteiger partial charge is 0.297 e. The lowest BCUT2D eigenvalue weighted by Gasteiger charge is -2.16. The van der Waals surface area contributed by atoms with Gasteiger partial charge in [0.15, 0.2) is 5.75 Å². The molecule has 0 radical (unpaired) electrons. The van der Waals surface area contributed by atoms with E-state index < -0.39 is 0 Å². The highest BCUT2D eigenvalue weighted by Crippen LogP contribution is 2.38. The molecule has 31 heavy (non-hydrogen) atoms. The molecular formula is C23H26N6O2. The summed E-state index contributed by atoms with van der Waals surface area (Å²) in [6.45, 7) is 0. The molecule has 3 heterocycles. The summed E-state index contributed by atoms with van der Waals surface area (Å²) in [6.07, 6.45) is 12.8. The lowest BCUT2D eigenvalue weighted by Crippen LogP contribution is -2.22. The SMILES string of the molecule is COc1cccn(-c2ccc(N[C@H]3CC[C@H](Nc4cnc(C5CC5)cn4)C3)nc2)c1=O. The fourth-order valence-electron chi connectivity index (χ4n) is 4.11. The first kappa shape index (κ1) is 19.5. The molecule has 2 fully saturated rings. The molecule has 0 unspecified atom stereocenters. The van der Waals surface area contributed by atoms with Crippen LogP contribution >= 0.6 is 0 Å². The zero-order valence-electron chi connectivity index (χ0n) is 17.5. The van der Waals surface area contributed by atoms with Crippen LogP contribution in [0.3, 0.4) is 0 Å². The minimum atomic E-state index is -0.203. The number of nitrogens with zero attached hydrogens (tertiary/aromatic N) is 4. The van der Waals surface area contributed by atoms with Gasteiger partial charge in [0.05, 0.1) is 37.1 Å². The van der Waals surface area contributed by atoms with Gasteiger partial charge in [-0.1, -0.05) is 0 Å². The Morgan fingerprint density at radius 3 is 2.35 bits per heavy atom. The molecule has 0 saturated heterocycles. The highest BCUT2D eigenvalue weighted by molar-refractivity contribution is 5.43. The number of aromatic nitrogens is 4. The van der Waals surface area contributed by atoms with E-state index in [0.717, 1.165) is 36.6 Å². The van der Waals surface area contributed by atoms with Crippen LogP contribution in [0.15, 0.2) is 53.8 Å². The van der Waals surface area contributed by atoms with Crippen molar-refractivity contribution in [2.24, 2.45) is 0 Å². The van der Waals surface area contributed by atoms with Crippen LogP contribution in [0.4, 0.5) is 11.6 Å². The van der Waals surface area contributed by atoms with E-state index in [9.17, 15) is 4.79 Å². The van der Waals surface area contributed by atoms with Crippen LogP contribution in [0, 0.1) is 0 Å². The van der Waals surface area contributed by atoms with Gasteiger partial charge in [0, 0.05) is 24.2 Å². The van der Waals surface area contributed by atoms with Crippen LogP contribution in [0.25, 0.3) is 5.69 Å². The monoisotopic (exact) mass is 418 g/mol. The fourth-order valence-corrected chi connectivity index (χ4v) is 4.11. The Kier molecular flexibility index (Phi) is 5.28. The third-order valence-electron chi connectivity index (χ3n) is 5.96. The van der Waals surface area contributed by atoms with Crippen molar-refractivity contribution in [3.05, 3.63) is 65.1 Å². The van der Waals surface area contributed by atoms with Gasteiger partial charge in [-0.3, -0.25) is 14.3 Å². The zero-order chi connectivity index (χ0) is 21.2. The maximum Gasteiger partial charge on any atom is 0.297 e. The molecule has 8 heteroatoms. The molecule has 3 aromatic heterocycles. The third-order valence-corrected chi connectivity index (χ3v) is 5.96. The van der Waals surface area contributed by atoms with Crippen LogP contribution in [0.2, 0.25) is 0 Å². The van der Waals surface area contributed by atoms with Crippen LogP contribution < -0.4 is 20.9 Å². The zero-order valence-corrected chi connectivity index (χ0v) is 17.5. The van der Waals surface area contributed by atoms with E-state index in [1.807, 2.05) is 24.5 Å². The summed E-state index contributed by atoms with van der Waals surface area (Å²) in [5.41, 5.74) is 1.61. The van der Waals surface area contributed by atoms with Crippen molar-refractivity contribution in [2.45, 2.75) is 50.1 Å². The Morgan fingerprint density at radius 1 is 0.935 bits per heavy atom. The number of hydrogen-bond acceptors (Lipinski definition) is 7. The molecule has 2 N–H and O–H groups in total. The molecule has 0 aromatic carbocycles. The number of ether oxygens (including phenoxy) is 1. The molecule has 5 rings (SSSR count). The van der Waals surface area contributed by atoms with Crippen LogP contribution in [0.1, 0.15) is 43.7 Å². The highest BCUT2D eigenvalue weighted by Gasteiger charge is 2.27. The maximum atomic E-state index is 12.4. The summed E-state index contributed by atoms with van der Waals surface area (Å²) in [7, 11) is 1.49. The normalized spacial score (nSPS) is 20.4. The van der Waals surface area contributed by atoms with Crippen molar-refractivity contribution in [3.63, 3.8) is 0 Å². The Balaban J connectivity index is 1.18. The van der Waals surface area contributed by atoms with Gasteiger partial charge in [0.1, 0.15) is 11.6 Å². The van der Waals surface area contributed by atoms with Gasteiger partial charge in [-0.2, -0.15) is 0 Å².